The fourth-order valence-electron chi connectivity index (χ4n) is 3.98. The van der Waals surface area contributed by atoms with Crippen molar-refractivity contribution in [2.75, 3.05) is 11.9 Å². The van der Waals surface area contributed by atoms with Gasteiger partial charge in [-0.1, -0.05) is 24.3 Å². The number of anilines is 1. The maximum absolute atomic E-state index is 13.7. The number of halogens is 1. The number of nitrogens with one attached hydrogen (secondary N) is 2. The van der Waals surface area contributed by atoms with Crippen LogP contribution in [0.3, 0.4) is 0 Å². The number of benzene rings is 2. The molecule has 2 N–H and O–H groups in total. The lowest BCUT2D eigenvalue weighted by molar-refractivity contribution is -0.115. The minimum atomic E-state index is -0.220. The number of aryl methyl sites for hydroxylation is 2. The van der Waals surface area contributed by atoms with Crippen molar-refractivity contribution >= 4 is 11.6 Å². The zero-order valence-corrected chi connectivity index (χ0v) is 16.5. The first-order valence-electron chi connectivity index (χ1n) is 9.98. The van der Waals surface area contributed by atoms with Crippen molar-refractivity contribution in [2.45, 2.75) is 38.8 Å². The molecule has 0 spiro atoms. The van der Waals surface area contributed by atoms with Gasteiger partial charge >= 0.3 is 0 Å². The zero-order valence-electron chi connectivity index (χ0n) is 16.5. The molecule has 1 amide bonds. The van der Waals surface area contributed by atoms with Gasteiger partial charge in [-0.25, -0.2) is 9.37 Å². The second-order valence-electron chi connectivity index (χ2n) is 7.52. The van der Waals surface area contributed by atoms with Crippen molar-refractivity contribution in [2.24, 2.45) is 0 Å². The predicted octanol–water partition coefficient (Wildman–Crippen LogP) is 3.98. The van der Waals surface area contributed by atoms with Gasteiger partial charge in [-0.15, -0.1) is 0 Å². The van der Waals surface area contributed by atoms with E-state index in [2.05, 4.69) is 20.2 Å². The van der Waals surface area contributed by atoms with Gasteiger partial charge in [0.1, 0.15) is 11.6 Å². The van der Waals surface area contributed by atoms with Crippen LogP contribution in [0, 0.1) is 12.7 Å². The molecule has 1 aliphatic rings. The van der Waals surface area contributed by atoms with Crippen LogP contribution in [-0.4, -0.2) is 22.0 Å². The molecular weight excluding hydrogens is 367 g/mol. The van der Waals surface area contributed by atoms with Crippen molar-refractivity contribution in [1.82, 2.24) is 14.9 Å². The number of amides is 1. The Hall–Kier alpha value is -2.99. The zero-order chi connectivity index (χ0) is 20.2. The van der Waals surface area contributed by atoms with Crippen molar-refractivity contribution in [3.63, 3.8) is 0 Å². The number of carbonyl (C=O) groups is 1. The molecule has 0 aliphatic carbocycles. The molecule has 1 aliphatic heterocycles. The molecule has 2 heterocycles. The minimum absolute atomic E-state index is 0.0786. The first kappa shape index (κ1) is 19.3. The van der Waals surface area contributed by atoms with Crippen LogP contribution in [0.4, 0.5) is 10.1 Å². The third-order valence-corrected chi connectivity index (χ3v) is 5.27. The van der Waals surface area contributed by atoms with Crippen LogP contribution in [0.5, 0.6) is 0 Å². The van der Waals surface area contributed by atoms with E-state index in [1.165, 1.54) is 6.07 Å². The number of carbonyl (C=O) groups excluding carboxylic acids is 1. The Morgan fingerprint density at radius 2 is 2.10 bits per heavy atom. The molecule has 0 bridgehead atoms. The summed E-state index contributed by atoms with van der Waals surface area (Å²) in [5.74, 6) is 0.712. The summed E-state index contributed by atoms with van der Waals surface area (Å²) in [6, 6.07) is 14.6. The number of hydrogen-bond acceptors (Lipinski definition) is 3. The summed E-state index contributed by atoms with van der Waals surface area (Å²) in [5.41, 5.74) is 3.87. The van der Waals surface area contributed by atoms with E-state index in [0.29, 0.717) is 6.54 Å². The van der Waals surface area contributed by atoms with Gasteiger partial charge in [0.15, 0.2) is 0 Å². The fourth-order valence-corrected chi connectivity index (χ4v) is 3.98. The molecule has 6 heteroatoms. The summed E-state index contributed by atoms with van der Waals surface area (Å²) in [4.78, 5) is 16.8. The molecule has 2 aromatic carbocycles. The van der Waals surface area contributed by atoms with Gasteiger partial charge in [0.05, 0.1) is 18.3 Å². The van der Waals surface area contributed by atoms with Crippen LogP contribution in [0.2, 0.25) is 0 Å². The van der Waals surface area contributed by atoms with Gasteiger partial charge in [-0.3, -0.25) is 4.79 Å². The lowest BCUT2D eigenvalue weighted by Gasteiger charge is -2.28. The quantitative estimate of drug-likeness (QED) is 0.667. The number of aromatic nitrogens is 2. The first-order chi connectivity index (χ1) is 14.1. The molecule has 1 aromatic heterocycles. The topological polar surface area (TPSA) is 59.0 Å². The van der Waals surface area contributed by atoms with E-state index in [1.54, 1.807) is 12.1 Å². The number of nitrogens with zero attached hydrogens (tertiary/aromatic N) is 2. The fraction of sp³-hybridized carbons (Fsp3) is 0.304. The highest BCUT2D eigenvalue weighted by molar-refractivity contribution is 5.92. The molecule has 1 atom stereocenters. The lowest BCUT2D eigenvalue weighted by Crippen LogP contribution is -2.29. The molecule has 4 rings (SSSR count). The summed E-state index contributed by atoms with van der Waals surface area (Å²) >= 11 is 0. The third-order valence-electron chi connectivity index (χ3n) is 5.27. The van der Waals surface area contributed by atoms with Gasteiger partial charge in [-0.05, 0) is 55.2 Å². The van der Waals surface area contributed by atoms with E-state index < -0.39 is 0 Å². The Labute approximate surface area is 170 Å². The highest BCUT2D eigenvalue weighted by Gasteiger charge is 2.24. The van der Waals surface area contributed by atoms with Crippen molar-refractivity contribution in [1.29, 1.82) is 0 Å². The predicted molar refractivity (Wildman–Crippen MR) is 111 cm³/mol. The number of fused-ring (bicyclic) bond motifs is 1. The summed E-state index contributed by atoms with van der Waals surface area (Å²) in [6.07, 6.45) is 4.76. The van der Waals surface area contributed by atoms with Crippen LogP contribution < -0.4 is 10.6 Å². The number of rotatable bonds is 6. The maximum Gasteiger partial charge on any atom is 0.238 e. The van der Waals surface area contributed by atoms with Crippen LogP contribution in [0.25, 0.3) is 0 Å². The highest BCUT2D eigenvalue weighted by atomic mass is 19.1. The molecule has 0 radical (unpaired) electrons. The summed E-state index contributed by atoms with van der Waals surface area (Å²) < 4.78 is 15.9. The molecular formula is C23H25FN4O. The average molecular weight is 392 g/mol. The van der Waals surface area contributed by atoms with Gasteiger partial charge in [0.25, 0.3) is 0 Å². The highest BCUT2D eigenvalue weighted by Crippen LogP contribution is 2.32. The Morgan fingerprint density at radius 1 is 1.24 bits per heavy atom. The Morgan fingerprint density at radius 3 is 2.93 bits per heavy atom. The summed E-state index contributed by atoms with van der Waals surface area (Å²) in [6.45, 7) is 2.73. The largest absolute Gasteiger partial charge is 0.325 e. The van der Waals surface area contributed by atoms with E-state index in [1.807, 2.05) is 43.5 Å². The smallest absolute Gasteiger partial charge is 0.238 e. The van der Waals surface area contributed by atoms with Crippen LogP contribution in [0.15, 0.2) is 54.7 Å². The molecule has 3 aromatic rings. The SMILES string of the molecule is Cc1cccc(NC(=O)CNCc2cnc3n2C(c2cccc(F)c2)CCC3)c1. The Balaban J connectivity index is 1.41. The standard InChI is InChI=1S/C23H25FN4O/c1-16-5-2-8-19(11-16)27-23(29)15-25-13-20-14-26-22-10-4-9-21(28(20)22)17-6-3-7-18(24)12-17/h2-3,5-8,11-12,14,21,25H,4,9-10,13,15H2,1H3,(H,27,29). The molecule has 1 unspecified atom stereocenters. The van der Waals surface area contributed by atoms with Gasteiger partial charge in [0.2, 0.25) is 5.91 Å². The summed E-state index contributed by atoms with van der Waals surface area (Å²) in [5, 5.41) is 6.11. The van der Waals surface area contributed by atoms with Crippen LogP contribution in [-0.2, 0) is 17.8 Å². The number of imidazole rings is 1. The Bertz CT molecular complexity index is 1010. The van der Waals surface area contributed by atoms with E-state index in [9.17, 15) is 9.18 Å². The molecule has 0 saturated carbocycles. The summed E-state index contributed by atoms with van der Waals surface area (Å²) in [7, 11) is 0. The van der Waals surface area contributed by atoms with E-state index in [4.69, 9.17) is 0 Å². The average Bonchev–Trinajstić information content (AvgIpc) is 3.11. The third kappa shape index (κ3) is 4.54. The van der Waals surface area contributed by atoms with Crippen molar-refractivity contribution in [3.8, 4) is 0 Å². The van der Waals surface area contributed by atoms with Crippen molar-refractivity contribution < 1.29 is 9.18 Å². The van der Waals surface area contributed by atoms with Gasteiger partial charge in [0, 0.05) is 24.8 Å². The van der Waals surface area contributed by atoms with Crippen LogP contribution >= 0.6 is 0 Å². The lowest BCUT2D eigenvalue weighted by atomic mass is 9.97. The molecule has 150 valence electrons. The molecule has 0 fully saturated rings. The monoisotopic (exact) mass is 392 g/mol. The second-order valence-corrected chi connectivity index (χ2v) is 7.52. The van der Waals surface area contributed by atoms with E-state index >= 15 is 0 Å². The molecule has 29 heavy (non-hydrogen) atoms. The van der Waals surface area contributed by atoms with E-state index in [-0.39, 0.29) is 24.3 Å². The second kappa shape index (κ2) is 8.57. The number of hydrogen-bond donors (Lipinski definition) is 2. The van der Waals surface area contributed by atoms with Crippen LogP contribution in [0.1, 0.15) is 41.5 Å². The molecule has 0 saturated heterocycles. The molecule has 5 nitrogen and oxygen atoms in total. The normalized spacial score (nSPS) is 15.7. The van der Waals surface area contributed by atoms with E-state index in [0.717, 1.165) is 47.6 Å². The minimum Gasteiger partial charge on any atom is -0.325 e. The van der Waals surface area contributed by atoms with Gasteiger partial charge < -0.3 is 15.2 Å². The van der Waals surface area contributed by atoms with Crippen molar-refractivity contribution in [3.05, 3.63) is 83.2 Å². The Kier molecular flexibility index (Phi) is 5.71. The van der Waals surface area contributed by atoms with Gasteiger partial charge in [-0.2, -0.15) is 0 Å². The maximum atomic E-state index is 13.7. The first-order valence-corrected chi connectivity index (χ1v) is 9.98.